The summed E-state index contributed by atoms with van der Waals surface area (Å²) in [6.45, 7) is 0. The average molecular weight is 763 g/mol. The molecule has 0 bridgehead atoms. The van der Waals surface area contributed by atoms with Gasteiger partial charge in [-0.2, -0.15) is 0 Å². The summed E-state index contributed by atoms with van der Waals surface area (Å²) in [6.07, 6.45) is 0. The summed E-state index contributed by atoms with van der Waals surface area (Å²) in [5.74, 6) is 1.99. The number of hydrogen-bond donors (Lipinski definition) is 0. The van der Waals surface area contributed by atoms with Crippen molar-refractivity contribution in [3.63, 3.8) is 0 Å². The Morgan fingerprint density at radius 3 is 1.68 bits per heavy atom. The highest BCUT2D eigenvalue weighted by atomic mass is 32.1. The molecule has 4 heterocycles. The summed E-state index contributed by atoms with van der Waals surface area (Å²) in [7, 11) is 0. The Balaban J connectivity index is 1.03. The van der Waals surface area contributed by atoms with Gasteiger partial charge < -0.3 is 4.57 Å². The lowest BCUT2D eigenvalue weighted by molar-refractivity contribution is 1.08. The van der Waals surface area contributed by atoms with E-state index in [-0.39, 0.29) is 0 Å². The van der Waals surface area contributed by atoms with Gasteiger partial charge >= 0.3 is 0 Å². The Hall–Kier alpha value is -6.99. The minimum absolute atomic E-state index is 0.662. The van der Waals surface area contributed by atoms with E-state index in [0.717, 1.165) is 16.7 Å². The van der Waals surface area contributed by atoms with Crippen LogP contribution in [-0.2, 0) is 0 Å². The summed E-state index contributed by atoms with van der Waals surface area (Å²) >= 11 is 3.69. The third-order valence-corrected chi connectivity index (χ3v) is 13.4. The van der Waals surface area contributed by atoms with Gasteiger partial charge in [0.2, 0.25) is 0 Å². The number of fused-ring (bicyclic) bond motifs is 9. The lowest BCUT2D eigenvalue weighted by atomic mass is 9.99. The van der Waals surface area contributed by atoms with Crippen LogP contribution in [0.4, 0.5) is 0 Å². The molecular formula is C51H30N4S2. The zero-order chi connectivity index (χ0) is 37.5. The van der Waals surface area contributed by atoms with E-state index in [1.165, 1.54) is 79.0 Å². The van der Waals surface area contributed by atoms with Gasteiger partial charge in [0.15, 0.2) is 17.5 Å². The maximum Gasteiger partial charge on any atom is 0.164 e. The molecule has 4 nitrogen and oxygen atoms in total. The summed E-state index contributed by atoms with van der Waals surface area (Å²) < 4.78 is 7.42. The highest BCUT2D eigenvalue weighted by molar-refractivity contribution is 7.26. The minimum atomic E-state index is 0.662. The fourth-order valence-electron chi connectivity index (χ4n) is 8.46. The number of rotatable bonds is 5. The Kier molecular flexibility index (Phi) is 7.24. The molecule has 0 N–H and O–H groups in total. The van der Waals surface area contributed by atoms with Crippen molar-refractivity contribution in [1.82, 2.24) is 19.5 Å². The summed E-state index contributed by atoms with van der Waals surface area (Å²) in [4.78, 5) is 15.2. The lowest BCUT2D eigenvalue weighted by Gasteiger charge is -2.10. The molecule has 0 fully saturated rings. The highest BCUT2D eigenvalue weighted by Crippen LogP contribution is 2.45. The predicted molar refractivity (Wildman–Crippen MR) is 242 cm³/mol. The van der Waals surface area contributed by atoms with Gasteiger partial charge in [-0.1, -0.05) is 140 Å². The second-order valence-corrected chi connectivity index (χ2v) is 16.5. The standard InChI is InChI=1S/C51H30N4S2/c1-3-13-31(14-4-1)49-52-50(32-15-5-2-6-16-32)54-51(53-49)40-21-12-24-45-47(40)41-29-33(25-28-44(41)56-45)35-19-11-20-39-38-27-26-34(30-46(38)57-48(35)39)55-42-22-9-7-17-36(42)37-18-8-10-23-43(37)55/h1-30H. The van der Waals surface area contributed by atoms with Crippen molar-refractivity contribution in [1.29, 1.82) is 0 Å². The SMILES string of the molecule is c1ccc(-c2nc(-c3ccccc3)nc(-c3cccc4sc5ccc(-c6cccc7c6sc6cc(-n8c9ccccc9c9ccccc98)ccc67)cc5c34)n2)cc1. The van der Waals surface area contributed by atoms with Crippen LogP contribution in [0.3, 0.4) is 0 Å². The molecule has 0 atom stereocenters. The summed E-state index contributed by atoms with van der Waals surface area (Å²) in [5, 5.41) is 7.49. The molecule has 0 saturated heterocycles. The molecule has 0 aliphatic rings. The Morgan fingerprint density at radius 1 is 0.351 bits per heavy atom. The number of thiophene rings is 2. The van der Waals surface area contributed by atoms with E-state index in [9.17, 15) is 0 Å². The number of hydrogen-bond acceptors (Lipinski definition) is 5. The van der Waals surface area contributed by atoms with Crippen LogP contribution in [0.1, 0.15) is 0 Å². The molecule has 0 saturated carbocycles. The normalized spacial score (nSPS) is 11.9. The summed E-state index contributed by atoms with van der Waals surface area (Å²) in [6, 6.07) is 64.9. The fraction of sp³-hybridized carbons (Fsp3) is 0. The molecule has 0 aliphatic carbocycles. The van der Waals surface area contributed by atoms with E-state index in [4.69, 9.17) is 15.0 Å². The van der Waals surface area contributed by atoms with Gasteiger partial charge in [-0.15, -0.1) is 22.7 Å². The van der Waals surface area contributed by atoms with Gasteiger partial charge in [0, 0.05) is 73.5 Å². The van der Waals surface area contributed by atoms with Crippen molar-refractivity contribution >= 4 is 84.8 Å². The van der Waals surface area contributed by atoms with Crippen LogP contribution in [0.15, 0.2) is 182 Å². The van der Waals surface area contributed by atoms with Crippen LogP contribution >= 0.6 is 22.7 Å². The molecule has 12 aromatic rings. The first-order chi connectivity index (χ1) is 28.2. The Labute approximate surface area is 335 Å². The average Bonchev–Trinajstić information content (AvgIpc) is 3.96. The van der Waals surface area contributed by atoms with Gasteiger partial charge in [0.25, 0.3) is 0 Å². The predicted octanol–water partition coefficient (Wildman–Crippen LogP) is 14.4. The second-order valence-electron chi connectivity index (χ2n) is 14.4. The molecule has 0 amide bonds. The van der Waals surface area contributed by atoms with Gasteiger partial charge in [-0.3, -0.25) is 0 Å². The molecule has 8 aromatic carbocycles. The number of benzene rings is 8. The monoisotopic (exact) mass is 762 g/mol. The van der Waals surface area contributed by atoms with Crippen LogP contribution in [0.2, 0.25) is 0 Å². The molecule has 6 heteroatoms. The van der Waals surface area contributed by atoms with Crippen LogP contribution in [0.25, 0.3) is 113 Å². The van der Waals surface area contributed by atoms with Crippen molar-refractivity contribution in [2.75, 3.05) is 0 Å². The molecule has 0 spiro atoms. The summed E-state index contributed by atoms with van der Waals surface area (Å²) in [5.41, 5.74) is 8.98. The molecule has 12 rings (SSSR count). The first kappa shape index (κ1) is 32.3. The van der Waals surface area contributed by atoms with E-state index in [1.807, 2.05) is 59.1 Å². The highest BCUT2D eigenvalue weighted by Gasteiger charge is 2.19. The van der Waals surface area contributed by atoms with Gasteiger partial charge in [0.1, 0.15) is 0 Å². The number of nitrogens with zero attached hydrogens (tertiary/aromatic N) is 4. The Morgan fingerprint density at radius 2 is 0.965 bits per heavy atom. The van der Waals surface area contributed by atoms with Crippen LogP contribution < -0.4 is 0 Å². The van der Waals surface area contributed by atoms with Crippen LogP contribution in [-0.4, -0.2) is 19.5 Å². The Bertz CT molecular complexity index is 3410. The lowest BCUT2D eigenvalue weighted by Crippen LogP contribution is -2.00. The van der Waals surface area contributed by atoms with E-state index in [1.54, 1.807) is 0 Å². The van der Waals surface area contributed by atoms with Crippen molar-refractivity contribution < 1.29 is 0 Å². The van der Waals surface area contributed by atoms with E-state index >= 15 is 0 Å². The topological polar surface area (TPSA) is 43.6 Å². The molecule has 57 heavy (non-hydrogen) atoms. The number of aromatic nitrogens is 4. The quantitative estimate of drug-likeness (QED) is 0.175. The zero-order valence-corrected chi connectivity index (χ0v) is 32.1. The van der Waals surface area contributed by atoms with Crippen molar-refractivity contribution in [3.8, 4) is 51.0 Å². The second kappa shape index (κ2) is 12.8. The van der Waals surface area contributed by atoms with Gasteiger partial charge in [-0.25, -0.2) is 15.0 Å². The van der Waals surface area contributed by atoms with E-state index < -0.39 is 0 Å². The first-order valence-electron chi connectivity index (χ1n) is 19.0. The molecule has 0 aliphatic heterocycles. The largest absolute Gasteiger partial charge is 0.309 e. The van der Waals surface area contributed by atoms with Gasteiger partial charge in [-0.05, 0) is 53.6 Å². The van der Waals surface area contributed by atoms with Crippen molar-refractivity contribution in [3.05, 3.63) is 182 Å². The number of para-hydroxylation sites is 2. The molecule has 0 radical (unpaired) electrons. The van der Waals surface area contributed by atoms with Crippen LogP contribution in [0.5, 0.6) is 0 Å². The zero-order valence-electron chi connectivity index (χ0n) is 30.4. The maximum atomic E-state index is 5.12. The smallest absolute Gasteiger partial charge is 0.164 e. The fourth-order valence-corrected chi connectivity index (χ4v) is 10.8. The van der Waals surface area contributed by atoms with Gasteiger partial charge in [0.05, 0.1) is 11.0 Å². The maximum absolute atomic E-state index is 5.12. The van der Waals surface area contributed by atoms with Crippen LogP contribution in [0, 0.1) is 0 Å². The van der Waals surface area contributed by atoms with Crippen molar-refractivity contribution in [2.24, 2.45) is 0 Å². The molecule has 266 valence electrons. The van der Waals surface area contributed by atoms with E-state index in [2.05, 4.69) is 150 Å². The van der Waals surface area contributed by atoms with Crippen molar-refractivity contribution in [2.45, 2.75) is 0 Å². The third kappa shape index (κ3) is 5.15. The molecule has 4 aromatic heterocycles. The minimum Gasteiger partial charge on any atom is -0.309 e. The molecular weight excluding hydrogens is 733 g/mol. The first-order valence-corrected chi connectivity index (χ1v) is 20.7. The molecule has 0 unspecified atom stereocenters. The van der Waals surface area contributed by atoms with E-state index in [0.29, 0.717) is 17.5 Å². The third-order valence-electron chi connectivity index (χ3n) is 11.1.